The van der Waals surface area contributed by atoms with Crippen LogP contribution < -0.4 is 10.6 Å². The van der Waals surface area contributed by atoms with Crippen LogP contribution in [0.25, 0.3) is 0 Å². The SMILES string of the molecule is Cc1cccc(Nc2nnc(SCC(=O)NC3CC3)s2)c1. The van der Waals surface area contributed by atoms with Gasteiger partial charge in [-0.25, -0.2) is 0 Å². The Labute approximate surface area is 131 Å². The Morgan fingerprint density at radius 3 is 3.05 bits per heavy atom. The van der Waals surface area contributed by atoms with Crippen LogP contribution in [0, 0.1) is 6.92 Å². The largest absolute Gasteiger partial charge is 0.353 e. The molecule has 0 unspecified atom stereocenters. The number of benzene rings is 1. The second-order valence-electron chi connectivity index (χ2n) is 5.00. The van der Waals surface area contributed by atoms with Gasteiger partial charge in [0, 0.05) is 11.7 Å². The molecule has 2 aromatic rings. The number of anilines is 2. The summed E-state index contributed by atoms with van der Waals surface area (Å²) in [5.74, 6) is 0.473. The van der Waals surface area contributed by atoms with Crippen LogP contribution in [-0.4, -0.2) is 27.9 Å². The Balaban J connectivity index is 1.52. The predicted molar refractivity (Wildman–Crippen MR) is 86.3 cm³/mol. The van der Waals surface area contributed by atoms with Gasteiger partial charge in [0.15, 0.2) is 4.34 Å². The Bertz CT molecular complexity index is 639. The molecule has 0 atom stereocenters. The molecule has 1 aromatic carbocycles. The number of hydrogen-bond donors (Lipinski definition) is 2. The molecule has 7 heteroatoms. The van der Waals surface area contributed by atoms with E-state index in [1.54, 1.807) is 0 Å². The molecule has 3 rings (SSSR count). The highest BCUT2D eigenvalue weighted by atomic mass is 32.2. The van der Waals surface area contributed by atoms with E-state index in [4.69, 9.17) is 0 Å². The third-order valence-electron chi connectivity index (χ3n) is 2.95. The number of aromatic nitrogens is 2. The molecule has 1 saturated carbocycles. The molecule has 1 aromatic heterocycles. The zero-order valence-corrected chi connectivity index (χ0v) is 13.3. The number of carbonyl (C=O) groups excluding carboxylic acids is 1. The quantitative estimate of drug-likeness (QED) is 0.801. The minimum Gasteiger partial charge on any atom is -0.353 e. The maximum absolute atomic E-state index is 11.6. The molecule has 0 saturated heterocycles. The van der Waals surface area contributed by atoms with Crippen molar-refractivity contribution in [1.29, 1.82) is 0 Å². The Morgan fingerprint density at radius 2 is 2.29 bits per heavy atom. The molecular weight excluding hydrogens is 304 g/mol. The van der Waals surface area contributed by atoms with Crippen LogP contribution in [0.4, 0.5) is 10.8 Å². The lowest BCUT2D eigenvalue weighted by Crippen LogP contribution is -2.26. The van der Waals surface area contributed by atoms with Crippen LogP contribution in [0.3, 0.4) is 0 Å². The van der Waals surface area contributed by atoms with Crippen LogP contribution in [-0.2, 0) is 4.79 Å². The number of hydrogen-bond acceptors (Lipinski definition) is 6. The highest BCUT2D eigenvalue weighted by Gasteiger charge is 2.23. The lowest BCUT2D eigenvalue weighted by Gasteiger charge is -2.02. The molecular formula is C14H16N4OS2. The first-order valence-electron chi connectivity index (χ1n) is 6.78. The molecule has 110 valence electrons. The maximum Gasteiger partial charge on any atom is 0.230 e. The first kappa shape index (κ1) is 14.3. The molecule has 1 aliphatic rings. The van der Waals surface area contributed by atoms with Gasteiger partial charge in [0.05, 0.1) is 5.75 Å². The second-order valence-corrected chi connectivity index (χ2v) is 7.20. The molecule has 1 aliphatic carbocycles. The van der Waals surface area contributed by atoms with E-state index in [0.717, 1.165) is 28.0 Å². The van der Waals surface area contributed by atoms with Gasteiger partial charge < -0.3 is 10.6 Å². The number of aryl methyl sites for hydroxylation is 1. The molecule has 21 heavy (non-hydrogen) atoms. The zero-order valence-electron chi connectivity index (χ0n) is 11.6. The average Bonchev–Trinajstić information content (AvgIpc) is 3.14. The Hall–Kier alpha value is -1.60. The maximum atomic E-state index is 11.6. The molecule has 2 N–H and O–H groups in total. The number of amides is 1. The van der Waals surface area contributed by atoms with Crippen molar-refractivity contribution in [2.24, 2.45) is 0 Å². The van der Waals surface area contributed by atoms with Crippen molar-refractivity contribution in [3.05, 3.63) is 29.8 Å². The van der Waals surface area contributed by atoms with Crippen LogP contribution in [0.2, 0.25) is 0 Å². The fourth-order valence-corrected chi connectivity index (χ4v) is 3.37. The van der Waals surface area contributed by atoms with Crippen LogP contribution in [0.1, 0.15) is 18.4 Å². The van der Waals surface area contributed by atoms with Crippen LogP contribution in [0.5, 0.6) is 0 Å². The lowest BCUT2D eigenvalue weighted by atomic mass is 10.2. The summed E-state index contributed by atoms with van der Waals surface area (Å²) in [4.78, 5) is 11.6. The van der Waals surface area contributed by atoms with E-state index >= 15 is 0 Å². The van der Waals surface area contributed by atoms with Crippen molar-refractivity contribution >= 4 is 39.8 Å². The number of carbonyl (C=O) groups is 1. The lowest BCUT2D eigenvalue weighted by molar-refractivity contribution is -0.118. The number of nitrogens with one attached hydrogen (secondary N) is 2. The van der Waals surface area contributed by atoms with Crippen molar-refractivity contribution < 1.29 is 4.79 Å². The van der Waals surface area contributed by atoms with E-state index in [2.05, 4.69) is 26.9 Å². The number of rotatable bonds is 6. The first-order chi connectivity index (χ1) is 10.2. The van der Waals surface area contributed by atoms with Gasteiger partial charge in [-0.2, -0.15) is 0 Å². The van der Waals surface area contributed by atoms with E-state index < -0.39 is 0 Å². The molecule has 0 bridgehead atoms. The summed E-state index contributed by atoms with van der Waals surface area (Å²) in [5.41, 5.74) is 2.19. The highest BCUT2D eigenvalue weighted by molar-refractivity contribution is 8.01. The van der Waals surface area contributed by atoms with Gasteiger partial charge in [-0.05, 0) is 37.5 Å². The summed E-state index contributed by atoms with van der Waals surface area (Å²) in [7, 11) is 0. The summed E-state index contributed by atoms with van der Waals surface area (Å²) in [6.07, 6.45) is 2.22. The fourth-order valence-electron chi connectivity index (χ4n) is 1.79. The minimum absolute atomic E-state index is 0.0749. The predicted octanol–water partition coefficient (Wildman–Crippen LogP) is 2.96. The van der Waals surface area contributed by atoms with Gasteiger partial charge in [0.1, 0.15) is 0 Å². The number of thioether (sulfide) groups is 1. The van der Waals surface area contributed by atoms with E-state index in [9.17, 15) is 4.79 Å². The average molecular weight is 320 g/mol. The topological polar surface area (TPSA) is 66.9 Å². The third-order valence-corrected chi connectivity index (χ3v) is 4.92. The van der Waals surface area contributed by atoms with Crippen molar-refractivity contribution in [2.45, 2.75) is 30.1 Å². The van der Waals surface area contributed by atoms with E-state index in [1.807, 2.05) is 25.1 Å². The summed E-state index contributed by atoms with van der Waals surface area (Å²) >= 11 is 2.89. The monoisotopic (exact) mass is 320 g/mol. The Kier molecular flexibility index (Phi) is 4.40. The van der Waals surface area contributed by atoms with Crippen molar-refractivity contribution in [1.82, 2.24) is 15.5 Å². The van der Waals surface area contributed by atoms with E-state index in [-0.39, 0.29) is 5.91 Å². The summed E-state index contributed by atoms with van der Waals surface area (Å²) in [5, 5.41) is 15.1. The van der Waals surface area contributed by atoms with Gasteiger partial charge in [-0.15, -0.1) is 10.2 Å². The molecule has 1 fully saturated rings. The van der Waals surface area contributed by atoms with Gasteiger partial charge in [0.2, 0.25) is 11.0 Å². The van der Waals surface area contributed by atoms with Gasteiger partial charge in [0.25, 0.3) is 0 Å². The standard InChI is InChI=1S/C14H16N4OS2/c1-9-3-2-4-11(7-9)16-13-17-18-14(21-13)20-8-12(19)15-10-5-6-10/h2-4,7,10H,5-6,8H2,1H3,(H,15,19)(H,16,17). The van der Waals surface area contributed by atoms with E-state index in [0.29, 0.717) is 11.8 Å². The summed E-state index contributed by atoms with van der Waals surface area (Å²) < 4.78 is 0.802. The molecule has 5 nitrogen and oxygen atoms in total. The first-order valence-corrected chi connectivity index (χ1v) is 8.58. The summed E-state index contributed by atoms with van der Waals surface area (Å²) in [6.45, 7) is 2.05. The van der Waals surface area contributed by atoms with Gasteiger partial charge in [-0.1, -0.05) is 35.2 Å². The van der Waals surface area contributed by atoms with Crippen molar-refractivity contribution in [3.63, 3.8) is 0 Å². The van der Waals surface area contributed by atoms with Crippen molar-refractivity contribution in [2.75, 3.05) is 11.1 Å². The smallest absolute Gasteiger partial charge is 0.230 e. The molecule has 1 heterocycles. The Morgan fingerprint density at radius 1 is 1.43 bits per heavy atom. The van der Waals surface area contributed by atoms with Gasteiger partial charge >= 0.3 is 0 Å². The summed E-state index contributed by atoms with van der Waals surface area (Å²) in [6, 6.07) is 8.49. The molecule has 1 amide bonds. The van der Waals surface area contributed by atoms with Gasteiger partial charge in [-0.3, -0.25) is 4.79 Å². The zero-order chi connectivity index (χ0) is 14.7. The van der Waals surface area contributed by atoms with Crippen LogP contribution in [0.15, 0.2) is 28.6 Å². The highest BCUT2D eigenvalue weighted by Crippen LogP contribution is 2.28. The second kappa shape index (κ2) is 6.44. The van der Waals surface area contributed by atoms with Crippen LogP contribution >= 0.6 is 23.1 Å². The molecule has 0 radical (unpaired) electrons. The minimum atomic E-state index is 0.0749. The van der Waals surface area contributed by atoms with E-state index in [1.165, 1.54) is 28.7 Å². The molecule has 0 spiro atoms. The normalized spacial score (nSPS) is 14.0. The third kappa shape index (κ3) is 4.44. The number of nitrogens with zero attached hydrogens (tertiary/aromatic N) is 2. The fraction of sp³-hybridized carbons (Fsp3) is 0.357. The van der Waals surface area contributed by atoms with Crippen molar-refractivity contribution in [3.8, 4) is 0 Å². The molecule has 0 aliphatic heterocycles.